The Kier molecular flexibility index (Phi) is 11.3. The Morgan fingerprint density at radius 3 is 1.50 bits per heavy atom. The van der Waals surface area contributed by atoms with E-state index in [-0.39, 0.29) is 41.2 Å². The number of halogens is 2. The number of aromatic carboxylic acids is 1. The van der Waals surface area contributed by atoms with E-state index in [1.807, 2.05) is 4.57 Å². The number of rotatable bonds is 7. The van der Waals surface area contributed by atoms with E-state index in [4.69, 9.17) is 14.2 Å². The molecule has 0 bridgehead atoms. The van der Waals surface area contributed by atoms with Crippen LogP contribution in [0.15, 0.2) is 82.9 Å². The summed E-state index contributed by atoms with van der Waals surface area (Å²) in [4.78, 5) is 48.8. The smallest absolute Gasteiger partial charge is 0.343 e. The maximum atomic E-state index is 13.2. The van der Waals surface area contributed by atoms with Gasteiger partial charge in [0, 0.05) is 74.4 Å². The second-order valence-electron chi connectivity index (χ2n) is 11.5. The molecule has 2 fully saturated rings. The Hall–Kier alpha value is -4.94. The Balaban J connectivity index is 0.000000188. The van der Waals surface area contributed by atoms with E-state index in [0.29, 0.717) is 43.1 Å². The number of aromatic nitrogens is 2. The fourth-order valence-electron chi connectivity index (χ4n) is 5.76. The van der Waals surface area contributed by atoms with Gasteiger partial charge in [0.05, 0.1) is 6.61 Å². The van der Waals surface area contributed by atoms with Crippen molar-refractivity contribution in [1.82, 2.24) is 9.13 Å². The number of carboxylic acid groups (broad SMARTS) is 1. The zero-order valence-electron chi connectivity index (χ0n) is 26.4. The standard InChI is InChI=1S/C19H20FNO4.C17H16FNO4/c1-2-25-19(23)17-12-21(15-7-9-24-10-8-15)11-16(18(17)22)13-3-5-14(20)6-4-13;18-12-3-1-11(2-4-12)14-9-19(13-5-7-23-8-6-13)10-15(16(14)20)17(21)22/h3-6,11-12,15H,2,7-10H2,1H3;1-4,9-10,13H,5-8H2,(H,21,22). The van der Waals surface area contributed by atoms with Gasteiger partial charge >= 0.3 is 11.9 Å². The van der Waals surface area contributed by atoms with Gasteiger partial charge in [0.25, 0.3) is 0 Å². The number of esters is 1. The highest BCUT2D eigenvalue weighted by atomic mass is 19.1. The molecule has 12 heteroatoms. The summed E-state index contributed by atoms with van der Waals surface area (Å²) < 4.78 is 45.7. The summed E-state index contributed by atoms with van der Waals surface area (Å²) in [6.07, 6.45) is 9.43. The highest BCUT2D eigenvalue weighted by Gasteiger charge is 2.23. The summed E-state index contributed by atoms with van der Waals surface area (Å²) in [6, 6.07) is 11.4. The van der Waals surface area contributed by atoms with Crippen LogP contribution in [0, 0.1) is 11.6 Å². The molecule has 4 heterocycles. The summed E-state index contributed by atoms with van der Waals surface area (Å²) in [5, 5.41) is 9.31. The Morgan fingerprint density at radius 2 is 1.10 bits per heavy atom. The molecule has 0 saturated carbocycles. The summed E-state index contributed by atoms with van der Waals surface area (Å²) in [7, 11) is 0. The number of benzene rings is 2. The van der Waals surface area contributed by atoms with Crippen LogP contribution >= 0.6 is 0 Å². The molecular weight excluding hydrogens is 626 g/mol. The molecule has 0 aliphatic carbocycles. The number of hydrogen-bond donors (Lipinski definition) is 1. The summed E-state index contributed by atoms with van der Waals surface area (Å²) in [5.41, 5.74) is 0.432. The van der Waals surface area contributed by atoms with Gasteiger partial charge in [0.1, 0.15) is 22.8 Å². The van der Waals surface area contributed by atoms with Gasteiger partial charge in [0.2, 0.25) is 10.9 Å². The molecule has 4 aromatic rings. The molecule has 1 N–H and O–H groups in total. The second-order valence-corrected chi connectivity index (χ2v) is 11.5. The molecule has 2 saturated heterocycles. The zero-order valence-corrected chi connectivity index (χ0v) is 26.4. The van der Waals surface area contributed by atoms with Gasteiger partial charge in [-0.2, -0.15) is 0 Å². The molecular formula is C36H36F2N2O8. The molecule has 252 valence electrons. The van der Waals surface area contributed by atoms with E-state index in [1.54, 1.807) is 30.1 Å². The molecule has 2 aromatic carbocycles. The van der Waals surface area contributed by atoms with Crippen LogP contribution in [0.2, 0.25) is 0 Å². The monoisotopic (exact) mass is 662 g/mol. The minimum Gasteiger partial charge on any atom is -0.477 e. The van der Waals surface area contributed by atoms with Crippen molar-refractivity contribution in [2.24, 2.45) is 0 Å². The quantitative estimate of drug-likeness (QED) is 0.243. The number of carbonyl (C=O) groups excluding carboxylic acids is 1. The summed E-state index contributed by atoms with van der Waals surface area (Å²) in [6.45, 7) is 4.36. The lowest BCUT2D eigenvalue weighted by Gasteiger charge is -2.26. The number of ether oxygens (including phenoxy) is 3. The van der Waals surface area contributed by atoms with Crippen LogP contribution in [0.4, 0.5) is 8.78 Å². The zero-order chi connectivity index (χ0) is 34.2. The highest BCUT2D eigenvalue weighted by molar-refractivity contribution is 5.90. The number of carbonyl (C=O) groups is 2. The van der Waals surface area contributed by atoms with Gasteiger partial charge < -0.3 is 28.5 Å². The van der Waals surface area contributed by atoms with Gasteiger partial charge in [-0.25, -0.2) is 18.4 Å². The van der Waals surface area contributed by atoms with Crippen LogP contribution in [0.1, 0.15) is 65.4 Å². The molecule has 0 atom stereocenters. The van der Waals surface area contributed by atoms with Crippen LogP contribution in [-0.2, 0) is 14.2 Å². The first kappa shape index (κ1) is 34.4. The van der Waals surface area contributed by atoms with Crippen LogP contribution in [0.3, 0.4) is 0 Å². The molecule has 10 nitrogen and oxygen atoms in total. The fraction of sp³-hybridized carbons (Fsp3) is 0.333. The lowest BCUT2D eigenvalue weighted by molar-refractivity contribution is 0.0520. The van der Waals surface area contributed by atoms with E-state index < -0.39 is 28.6 Å². The first-order valence-corrected chi connectivity index (χ1v) is 15.8. The fourth-order valence-corrected chi connectivity index (χ4v) is 5.76. The van der Waals surface area contributed by atoms with Crippen molar-refractivity contribution >= 4 is 11.9 Å². The van der Waals surface area contributed by atoms with Gasteiger partial charge in [-0.1, -0.05) is 24.3 Å². The lowest BCUT2D eigenvalue weighted by Crippen LogP contribution is -2.25. The minimum atomic E-state index is -1.26. The third kappa shape index (κ3) is 8.12. The first-order chi connectivity index (χ1) is 23.2. The van der Waals surface area contributed by atoms with E-state index >= 15 is 0 Å². The normalized spacial score (nSPS) is 15.3. The number of hydrogen-bond acceptors (Lipinski definition) is 7. The summed E-state index contributed by atoms with van der Waals surface area (Å²) in [5.74, 6) is -2.69. The van der Waals surface area contributed by atoms with Crippen molar-refractivity contribution < 1.29 is 37.7 Å². The number of pyridine rings is 2. The van der Waals surface area contributed by atoms with Gasteiger partial charge in [0.15, 0.2) is 0 Å². The number of nitrogens with zero attached hydrogens (tertiary/aromatic N) is 2. The van der Waals surface area contributed by atoms with E-state index in [9.17, 15) is 33.1 Å². The van der Waals surface area contributed by atoms with Crippen molar-refractivity contribution in [3.63, 3.8) is 0 Å². The average Bonchev–Trinajstić information content (AvgIpc) is 3.10. The summed E-state index contributed by atoms with van der Waals surface area (Å²) >= 11 is 0. The predicted molar refractivity (Wildman–Crippen MR) is 173 cm³/mol. The predicted octanol–water partition coefficient (Wildman–Crippen LogP) is 5.89. The molecule has 2 aliphatic rings. The molecule has 0 radical (unpaired) electrons. The molecule has 2 aliphatic heterocycles. The van der Waals surface area contributed by atoms with Gasteiger partial charge in [-0.05, 0) is 68.0 Å². The van der Waals surface area contributed by atoms with Crippen molar-refractivity contribution in [3.05, 3.63) is 117 Å². The van der Waals surface area contributed by atoms with Crippen molar-refractivity contribution in [1.29, 1.82) is 0 Å². The minimum absolute atomic E-state index is 0.00448. The Labute approximate surface area is 275 Å². The number of carboxylic acids is 1. The van der Waals surface area contributed by atoms with Gasteiger partial charge in [-0.15, -0.1) is 0 Å². The Morgan fingerprint density at radius 1 is 0.708 bits per heavy atom. The molecule has 0 amide bonds. The SMILES string of the molecule is CCOC(=O)c1cn(C2CCOCC2)cc(-c2ccc(F)cc2)c1=O.O=C(O)c1cn(C2CCOCC2)cc(-c2ccc(F)cc2)c1=O. The second kappa shape index (κ2) is 15.8. The highest BCUT2D eigenvalue weighted by Crippen LogP contribution is 2.26. The maximum Gasteiger partial charge on any atom is 0.343 e. The van der Waals surface area contributed by atoms with Crippen molar-refractivity contribution in [2.45, 2.75) is 44.7 Å². The van der Waals surface area contributed by atoms with Gasteiger partial charge in [-0.3, -0.25) is 9.59 Å². The topological polar surface area (TPSA) is 126 Å². The molecule has 0 unspecified atom stereocenters. The molecule has 48 heavy (non-hydrogen) atoms. The van der Waals surface area contributed by atoms with E-state index in [2.05, 4.69) is 0 Å². The lowest BCUT2D eigenvalue weighted by atomic mass is 10.0. The van der Waals surface area contributed by atoms with Crippen LogP contribution < -0.4 is 10.9 Å². The molecule has 0 spiro atoms. The molecule has 2 aromatic heterocycles. The van der Waals surface area contributed by atoms with Crippen molar-refractivity contribution in [2.75, 3.05) is 33.0 Å². The van der Waals surface area contributed by atoms with E-state index in [0.717, 1.165) is 25.7 Å². The third-order valence-electron chi connectivity index (χ3n) is 8.35. The first-order valence-electron chi connectivity index (χ1n) is 15.8. The van der Waals surface area contributed by atoms with Crippen LogP contribution in [0.25, 0.3) is 22.3 Å². The van der Waals surface area contributed by atoms with E-state index in [1.165, 1.54) is 54.7 Å². The average molecular weight is 663 g/mol. The maximum absolute atomic E-state index is 13.2. The van der Waals surface area contributed by atoms with Crippen molar-refractivity contribution in [3.8, 4) is 22.3 Å². The largest absolute Gasteiger partial charge is 0.477 e. The third-order valence-corrected chi connectivity index (χ3v) is 8.35. The van der Waals surface area contributed by atoms with Crippen LogP contribution in [-0.4, -0.2) is 59.2 Å². The molecule has 6 rings (SSSR count). The Bertz CT molecular complexity index is 1860. The van der Waals surface area contributed by atoms with Crippen LogP contribution in [0.5, 0.6) is 0 Å².